The number of hydrogen-bond donors (Lipinski definition) is 1. The first kappa shape index (κ1) is 19.6. The number of rotatable bonds is 5. The van der Waals surface area contributed by atoms with Crippen LogP contribution in [0.3, 0.4) is 0 Å². The average Bonchev–Trinajstić information content (AvgIpc) is 3.22. The van der Waals surface area contributed by atoms with E-state index in [1.54, 1.807) is 41.8 Å². The third kappa shape index (κ3) is 3.50. The minimum Gasteiger partial charge on any atom is -0.494 e. The highest BCUT2D eigenvalue weighted by molar-refractivity contribution is 7.17. The monoisotopic (exact) mass is 425 g/mol. The predicted molar refractivity (Wildman–Crippen MR) is 113 cm³/mol. The molecule has 1 amide bonds. The average molecular weight is 425 g/mol. The molecule has 0 fully saturated rings. The summed E-state index contributed by atoms with van der Waals surface area (Å²) in [6.07, 6.45) is 0. The predicted octanol–water partition coefficient (Wildman–Crippen LogP) is 3.00. The number of nitrogens with zero attached hydrogens (tertiary/aromatic N) is 2. The van der Waals surface area contributed by atoms with E-state index in [0.29, 0.717) is 15.9 Å². The fourth-order valence-corrected chi connectivity index (χ4v) is 3.96. The standard InChI is InChI=1S/C21H16FN3O4S/c1-29-17-8-7-13(11-15(17)22)23-18(26)12-24-16-9-10-30-19(16)20(27)25(21(24)28)14-5-3-2-4-6-14/h2-11H,12H2,1H3,(H,23,26). The van der Waals surface area contributed by atoms with Gasteiger partial charge < -0.3 is 10.1 Å². The van der Waals surface area contributed by atoms with E-state index in [9.17, 15) is 18.8 Å². The Kier molecular flexibility index (Phi) is 5.20. The van der Waals surface area contributed by atoms with Crippen molar-refractivity contribution < 1.29 is 13.9 Å². The fourth-order valence-electron chi connectivity index (χ4n) is 3.13. The van der Waals surface area contributed by atoms with Crippen molar-refractivity contribution in [3.05, 3.63) is 86.6 Å². The van der Waals surface area contributed by atoms with Crippen LogP contribution in [0.25, 0.3) is 15.9 Å². The van der Waals surface area contributed by atoms with Gasteiger partial charge in [0.25, 0.3) is 5.56 Å². The van der Waals surface area contributed by atoms with Gasteiger partial charge in [0, 0.05) is 11.8 Å². The van der Waals surface area contributed by atoms with Crippen LogP contribution in [0.15, 0.2) is 69.6 Å². The number of carbonyl (C=O) groups is 1. The molecule has 9 heteroatoms. The second kappa shape index (κ2) is 7.96. The Morgan fingerprint density at radius 2 is 1.90 bits per heavy atom. The van der Waals surface area contributed by atoms with Gasteiger partial charge in [0.2, 0.25) is 5.91 Å². The van der Waals surface area contributed by atoms with Crippen molar-refractivity contribution in [2.24, 2.45) is 0 Å². The van der Waals surface area contributed by atoms with E-state index < -0.39 is 23.0 Å². The molecular formula is C21H16FN3O4S. The number of nitrogens with one attached hydrogen (secondary N) is 1. The van der Waals surface area contributed by atoms with Gasteiger partial charge in [-0.15, -0.1) is 11.3 Å². The van der Waals surface area contributed by atoms with E-state index >= 15 is 0 Å². The fraction of sp³-hybridized carbons (Fsp3) is 0.0952. The van der Waals surface area contributed by atoms with Gasteiger partial charge in [-0.2, -0.15) is 0 Å². The van der Waals surface area contributed by atoms with Crippen molar-refractivity contribution >= 4 is 33.1 Å². The number of hydrogen-bond acceptors (Lipinski definition) is 5. The van der Waals surface area contributed by atoms with Crippen LogP contribution >= 0.6 is 11.3 Å². The highest BCUT2D eigenvalue weighted by Crippen LogP contribution is 2.21. The van der Waals surface area contributed by atoms with E-state index in [1.165, 1.54) is 35.1 Å². The summed E-state index contributed by atoms with van der Waals surface area (Å²) >= 11 is 1.19. The lowest BCUT2D eigenvalue weighted by Crippen LogP contribution is -2.40. The number of anilines is 1. The van der Waals surface area contributed by atoms with Crippen molar-refractivity contribution in [3.63, 3.8) is 0 Å². The summed E-state index contributed by atoms with van der Waals surface area (Å²) in [6, 6.07) is 14.1. The first-order valence-corrected chi connectivity index (χ1v) is 9.79. The molecule has 0 aliphatic carbocycles. The summed E-state index contributed by atoms with van der Waals surface area (Å²) in [5.74, 6) is -1.10. The molecule has 4 rings (SSSR count). The lowest BCUT2D eigenvalue weighted by molar-refractivity contribution is -0.116. The molecule has 0 saturated heterocycles. The van der Waals surface area contributed by atoms with Crippen molar-refractivity contribution in [1.82, 2.24) is 9.13 Å². The number of para-hydroxylation sites is 1. The lowest BCUT2D eigenvalue weighted by Gasteiger charge is -2.13. The number of aromatic nitrogens is 2. The zero-order valence-electron chi connectivity index (χ0n) is 15.8. The first-order chi connectivity index (χ1) is 14.5. The molecule has 0 spiro atoms. The number of benzene rings is 2. The highest BCUT2D eigenvalue weighted by Gasteiger charge is 2.17. The summed E-state index contributed by atoms with van der Waals surface area (Å²) in [7, 11) is 1.34. The largest absolute Gasteiger partial charge is 0.494 e. The molecule has 1 N–H and O–H groups in total. The summed E-state index contributed by atoms with van der Waals surface area (Å²) in [4.78, 5) is 38.5. The maximum atomic E-state index is 13.9. The van der Waals surface area contributed by atoms with Crippen molar-refractivity contribution in [2.75, 3.05) is 12.4 Å². The molecule has 2 aromatic carbocycles. The molecular weight excluding hydrogens is 409 g/mol. The topological polar surface area (TPSA) is 82.3 Å². The van der Waals surface area contributed by atoms with E-state index in [2.05, 4.69) is 5.32 Å². The molecule has 0 unspecified atom stereocenters. The Bertz CT molecular complexity index is 1360. The van der Waals surface area contributed by atoms with Gasteiger partial charge in [0.1, 0.15) is 11.2 Å². The molecule has 152 valence electrons. The minimum absolute atomic E-state index is 0.0548. The minimum atomic E-state index is -0.631. The third-order valence-electron chi connectivity index (χ3n) is 4.51. The smallest absolute Gasteiger partial charge is 0.336 e. The number of amides is 1. The Morgan fingerprint density at radius 1 is 1.13 bits per heavy atom. The maximum absolute atomic E-state index is 13.9. The second-order valence-corrected chi connectivity index (χ2v) is 7.29. The van der Waals surface area contributed by atoms with Crippen LogP contribution in [0.1, 0.15) is 0 Å². The number of fused-ring (bicyclic) bond motifs is 1. The molecule has 0 saturated carbocycles. The molecule has 0 aliphatic rings. The van der Waals surface area contributed by atoms with Crippen LogP contribution in [0.4, 0.5) is 10.1 Å². The van der Waals surface area contributed by atoms with Crippen LogP contribution in [-0.4, -0.2) is 22.2 Å². The van der Waals surface area contributed by atoms with Crippen LogP contribution in [0.5, 0.6) is 5.75 Å². The number of thiophene rings is 1. The molecule has 0 radical (unpaired) electrons. The first-order valence-electron chi connectivity index (χ1n) is 8.91. The quantitative estimate of drug-likeness (QED) is 0.533. The molecule has 0 aliphatic heterocycles. The van der Waals surface area contributed by atoms with Gasteiger partial charge in [-0.1, -0.05) is 18.2 Å². The van der Waals surface area contributed by atoms with E-state index in [0.717, 1.165) is 10.6 Å². The summed E-state index contributed by atoms with van der Waals surface area (Å²) in [6.45, 7) is -0.340. The number of methoxy groups -OCH3 is 1. The number of halogens is 1. The molecule has 0 atom stereocenters. The number of carbonyl (C=O) groups excluding carboxylic acids is 1. The summed E-state index contributed by atoms with van der Waals surface area (Å²) in [5, 5.41) is 4.25. The Labute approximate surface area is 173 Å². The van der Waals surface area contributed by atoms with E-state index in [1.807, 2.05) is 0 Å². The maximum Gasteiger partial charge on any atom is 0.336 e. The van der Waals surface area contributed by atoms with Crippen molar-refractivity contribution in [1.29, 1.82) is 0 Å². The Hall–Kier alpha value is -3.72. The molecule has 2 aromatic heterocycles. The lowest BCUT2D eigenvalue weighted by atomic mass is 10.3. The van der Waals surface area contributed by atoms with Gasteiger partial charge >= 0.3 is 5.69 Å². The highest BCUT2D eigenvalue weighted by atomic mass is 32.1. The van der Waals surface area contributed by atoms with E-state index in [4.69, 9.17) is 4.74 Å². The van der Waals surface area contributed by atoms with Gasteiger partial charge in [0.15, 0.2) is 11.6 Å². The van der Waals surface area contributed by atoms with Crippen LogP contribution < -0.4 is 21.3 Å². The van der Waals surface area contributed by atoms with Gasteiger partial charge in [0.05, 0.1) is 18.3 Å². The van der Waals surface area contributed by atoms with Crippen LogP contribution in [-0.2, 0) is 11.3 Å². The molecule has 4 aromatic rings. The van der Waals surface area contributed by atoms with Gasteiger partial charge in [-0.3, -0.25) is 14.2 Å². The Balaban J connectivity index is 1.73. The van der Waals surface area contributed by atoms with Crippen molar-refractivity contribution in [3.8, 4) is 11.4 Å². The molecule has 2 heterocycles. The summed E-state index contributed by atoms with van der Waals surface area (Å²) < 4.78 is 21.4. The molecule has 7 nitrogen and oxygen atoms in total. The van der Waals surface area contributed by atoms with Crippen LogP contribution in [0, 0.1) is 5.82 Å². The van der Waals surface area contributed by atoms with Crippen LogP contribution in [0.2, 0.25) is 0 Å². The second-order valence-electron chi connectivity index (χ2n) is 6.38. The van der Waals surface area contributed by atoms with Crippen molar-refractivity contribution in [2.45, 2.75) is 6.54 Å². The zero-order valence-corrected chi connectivity index (χ0v) is 16.6. The van der Waals surface area contributed by atoms with E-state index in [-0.39, 0.29) is 18.0 Å². The number of ether oxygens (including phenoxy) is 1. The Morgan fingerprint density at radius 3 is 2.60 bits per heavy atom. The molecule has 0 bridgehead atoms. The SMILES string of the molecule is COc1ccc(NC(=O)Cn2c(=O)n(-c3ccccc3)c(=O)c3sccc32)cc1F. The molecule has 30 heavy (non-hydrogen) atoms. The zero-order chi connectivity index (χ0) is 21.3. The normalized spacial score (nSPS) is 10.9. The van der Waals surface area contributed by atoms with Gasteiger partial charge in [-0.05, 0) is 35.7 Å². The third-order valence-corrected chi connectivity index (χ3v) is 5.40. The summed E-state index contributed by atoms with van der Waals surface area (Å²) in [5.41, 5.74) is -0.0602. The van der Waals surface area contributed by atoms with Gasteiger partial charge in [-0.25, -0.2) is 13.8 Å².